The summed E-state index contributed by atoms with van der Waals surface area (Å²) in [4.78, 5) is 0. The molecule has 3 heteroatoms. The maximum Gasteiger partial charge on any atom is 0.153 e. The highest BCUT2D eigenvalue weighted by atomic mass is 16.3. The molecule has 104 valence electrons. The lowest BCUT2D eigenvalue weighted by molar-refractivity contribution is 0.471. The van der Waals surface area contributed by atoms with E-state index >= 15 is 0 Å². The highest BCUT2D eigenvalue weighted by Gasteiger charge is 1.96. The minimum atomic E-state index is 0.266. The Morgan fingerprint density at radius 1 is 0.944 bits per heavy atom. The lowest BCUT2D eigenvalue weighted by Gasteiger charge is -2.02. The predicted molar refractivity (Wildman–Crippen MR) is 75.7 cm³/mol. The van der Waals surface area contributed by atoms with Crippen LogP contribution in [0.15, 0.2) is 12.4 Å². The van der Waals surface area contributed by atoms with Crippen molar-refractivity contribution in [2.45, 2.75) is 77.7 Å². The van der Waals surface area contributed by atoms with Crippen molar-refractivity contribution in [3.05, 3.63) is 12.4 Å². The summed E-state index contributed by atoms with van der Waals surface area (Å²) in [5.41, 5.74) is 0. The van der Waals surface area contributed by atoms with E-state index in [9.17, 15) is 0 Å². The summed E-state index contributed by atoms with van der Waals surface area (Å²) in [7, 11) is 0. The van der Waals surface area contributed by atoms with Crippen LogP contribution in [0.1, 0.15) is 71.1 Å². The smallest absolute Gasteiger partial charge is 0.153 e. The molecule has 0 aromatic carbocycles. The molecule has 0 saturated carbocycles. The van der Waals surface area contributed by atoms with Crippen LogP contribution < -0.4 is 0 Å². The van der Waals surface area contributed by atoms with E-state index < -0.39 is 0 Å². The van der Waals surface area contributed by atoms with Gasteiger partial charge >= 0.3 is 0 Å². The highest BCUT2D eigenvalue weighted by molar-refractivity contribution is 5.08. The average molecular weight is 252 g/mol. The minimum absolute atomic E-state index is 0.266. The summed E-state index contributed by atoms with van der Waals surface area (Å²) in [5, 5.41) is 13.2. The van der Waals surface area contributed by atoms with Gasteiger partial charge in [0.2, 0.25) is 0 Å². The molecule has 0 spiro atoms. The van der Waals surface area contributed by atoms with Crippen LogP contribution in [0.3, 0.4) is 0 Å². The zero-order valence-electron chi connectivity index (χ0n) is 11.8. The van der Waals surface area contributed by atoms with E-state index in [0.717, 1.165) is 13.0 Å². The number of nitrogens with zero attached hydrogens (tertiary/aromatic N) is 2. The van der Waals surface area contributed by atoms with Crippen LogP contribution in [0.2, 0.25) is 0 Å². The Labute approximate surface area is 111 Å². The molecule has 1 aromatic heterocycles. The van der Waals surface area contributed by atoms with Gasteiger partial charge < -0.3 is 5.11 Å². The zero-order chi connectivity index (χ0) is 13.1. The second kappa shape index (κ2) is 9.98. The van der Waals surface area contributed by atoms with Crippen molar-refractivity contribution < 1.29 is 5.11 Å². The van der Waals surface area contributed by atoms with Crippen molar-refractivity contribution in [3.8, 4) is 5.75 Å². The van der Waals surface area contributed by atoms with Gasteiger partial charge in [-0.1, -0.05) is 64.7 Å². The van der Waals surface area contributed by atoms with Gasteiger partial charge in [0.25, 0.3) is 0 Å². The van der Waals surface area contributed by atoms with Gasteiger partial charge in [0.15, 0.2) is 5.75 Å². The molecule has 0 unspecified atom stereocenters. The number of aromatic nitrogens is 2. The van der Waals surface area contributed by atoms with Gasteiger partial charge in [0.1, 0.15) is 0 Å². The molecule has 1 N–H and O–H groups in total. The summed E-state index contributed by atoms with van der Waals surface area (Å²) >= 11 is 0. The van der Waals surface area contributed by atoms with Gasteiger partial charge in [0, 0.05) is 6.54 Å². The standard InChI is InChI=1S/C15H28N2O/c1-2-3-4-5-6-7-8-9-10-11-12-17-14-15(18)13-16-17/h13-14,18H,2-12H2,1H3. The Bertz CT molecular complexity index is 296. The minimum Gasteiger partial charge on any atom is -0.505 e. The number of aryl methyl sites for hydroxylation is 1. The normalized spacial score (nSPS) is 10.9. The fraction of sp³-hybridized carbons (Fsp3) is 0.800. The van der Waals surface area contributed by atoms with Gasteiger partial charge in [-0.2, -0.15) is 5.10 Å². The van der Waals surface area contributed by atoms with Crippen molar-refractivity contribution in [3.63, 3.8) is 0 Å². The first-order chi connectivity index (χ1) is 8.83. The Morgan fingerprint density at radius 3 is 2.00 bits per heavy atom. The lowest BCUT2D eigenvalue weighted by atomic mass is 10.1. The van der Waals surface area contributed by atoms with E-state index in [1.807, 2.05) is 4.68 Å². The second-order valence-electron chi connectivity index (χ2n) is 5.14. The molecule has 0 atom stereocenters. The van der Waals surface area contributed by atoms with E-state index in [-0.39, 0.29) is 5.75 Å². The Kier molecular flexibility index (Phi) is 8.36. The third-order valence-electron chi connectivity index (χ3n) is 3.36. The number of rotatable bonds is 11. The summed E-state index contributed by atoms with van der Waals surface area (Å²) < 4.78 is 1.82. The van der Waals surface area contributed by atoms with E-state index in [0.29, 0.717) is 0 Å². The lowest BCUT2D eigenvalue weighted by Crippen LogP contribution is -1.97. The summed E-state index contributed by atoms with van der Waals surface area (Å²) in [5.74, 6) is 0.266. The van der Waals surface area contributed by atoms with Crippen molar-refractivity contribution in [1.29, 1.82) is 0 Å². The van der Waals surface area contributed by atoms with Gasteiger partial charge in [-0.05, 0) is 6.42 Å². The van der Waals surface area contributed by atoms with Crippen LogP contribution in [0, 0.1) is 0 Å². The number of unbranched alkanes of at least 4 members (excludes halogenated alkanes) is 9. The fourth-order valence-corrected chi connectivity index (χ4v) is 2.24. The molecular weight excluding hydrogens is 224 g/mol. The van der Waals surface area contributed by atoms with Crippen LogP contribution in [0.4, 0.5) is 0 Å². The van der Waals surface area contributed by atoms with Crippen LogP contribution in [-0.4, -0.2) is 14.9 Å². The van der Waals surface area contributed by atoms with Crippen molar-refractivity contribution in [2.75, 3.05) is 0 Å². The second-order valence-corrected chi connectivity index (χ2v) is 5.14. The van der Waals surface area contributed by atoms with Crippen LogP contribution in [0.25, 0.3) is 0 Å². The topological polar surface area (TPSA) is 38.0 Å². The third-order valence-corrected chi connectivity index (χ3v) is 3.36. The maximum atomic E-state index is 9.13. The molecular formula is C15H28N2O. The zero-order valence-corrected chi connectivity index (χ0v) is 11.8. The number of hydrogen-bond donors (Lipinski definition) is 1. The Hall–Kier alpha value is -0.990. The molecule has 0 amide bonds. The van der Waals surface area contributed by atoms with Gasteiger partial charge in [-0.25, -0.2) is 0 Å². The van der Waals surface area contributed by atoms with Crippen LogP contribution in [0.5, 0.6) is 5.75 Å². The van der Waals surface area contributed by atoms with E-state index in [2.05, 4.69) is 12.0 Å². The van der Waals surface area contributed by atoms with Gasteiger partial charge in [-0.15, -0.1) is 0 Å². The van der Waals surface area contributed by atoms with E-state index in [1.165, 1.54) is 64.0 Å². The summed E-state index contributed by atoms with van der Waals surface area (Å²) in [6.07, 6.45) is 16.7. The molecule has 0 aliphatic heterocycles. The first-order valence-corrected chi connectivity index (χ1v) is 7.54. The largest absolute Gasteiger partial charge is 0.505 e. The quantitative estimate of drug-likeness (QED) is 0.588. The molecule has 0 fully saturated rings. The molecule has 18 heavy (non-hydrogen) atoms. The summed E-state index contributed by atoms with van der Waals surface area (Å²) in [6, 6.07) is 0. The third kappa shape index (κ3) is 7.36. The molecule has 1 aromatic rings. The SMILES string of the molecule is CCCCCCCCCCCCn1cc(O)cn1. The fourth-order valence-electron chi connectivity index (χ4n) is 2.24. The van der Waals surface area contributed by atoms with E-state index in [4.69, 9.17) is 5.11 Å². The monoisotopic (exact) mass is 252 g/mol. The highest BCUT2D eigenvalue weighted by Crippen LogP contribution is 2.11. The van der Waals surface area contributed by atoms with Gasteiger partial charge in [-0.3, -0.25) is 4.68 Å². The Balaban J connectivity index is 1.81. The summed E-state index contributed by atoms with van der Waals surface area (Å²) in [6.45, 7) is 3.19. The molecule has 0 aliphatic carbocycles. The average Bonchev–Trinajstić information content (AvgIpc) is 2.77. The predicted octanol–water partition coefficient (Wildman–Crippen LogP) is 4.51. The maximum absolute atomic E-state index is 9.13. The molecule has 3 nitrogen and oxygen atoms in total. The Morgan fingerprint density at radius 2 is 1.50 bits per heavy atom. The number of aromatic hydroxyl groups is 1. The van der Waals surface area contributed by atoms with Crippen molar-refractivity contribution in [1.82, 2.24) is 9.78 Å². The first-order valence-electron chi connectivity index (χ1n) is 7.54. The molecule has 0 saturated heterocycles. The first kappa shape index (κ1) is 15.1. The van der Waals surface area contributed by atoms with E-state index in [1.54, 1.807) is 6.20 Å². The molecule has 1 heterocycles. The number of hydrogen-bond acceptors (Lipinski definition) is 2. The molecule has 0 bridgehead atoms. The molecule has 0 radical (unpaired) electrons. The molecule has 1 rings (SSSR count). The van der Waals surface area contributed by atoms with Crippen molar-refractivity contribution >= 4 is 0 Å². The molecule has 0 aliphatic rings. The van der Waals surface area contributed by atoms with Crippen LogP contribution >= 0.6 is 0 Å². The van der Waals surface area contributed by atoms with Crippen LogP contribution in [-0.2, 0) is 6.54 Å². The van der Waals surface area contributed by atoms with Crippen molar-refractivity contribution in [2.24, 2.45) is 0 Å². The van der Waals surface area contributed by atoms with Gasteiger partial charge in [0.05, 0.1) is 12.4 Å².